The quantitative estimate of drug-likeness (QED) is 0.916. The largest absolute Gasteiger partial charge is 0.250 e. The summed E-state index contributed by atoms with van der Waals surface area (Å²) in [7, 11) is -3.35. The molecular formula is C13H15NO2S2. The van der Waals surface area contributed by atoms with Crippen molar-refractivity contribution in [2.75, 3.05) is 6.54 Å². The lowest BCUT2D eigenvalue weighted by Crippen LogP contribution is -2.27. The first-order valence-corrected chi connectivity index (χ1v) is 8.04. The topological polar surface area (TPSA) is 46.2 Å². The summed E-state index contributed by atoms with van der Waals surface area (Å²) in [4.78, 5) is 0. The van der Waals surface area contributed by atoms with Crippen LogP contribution < -0.4 is 4.72 Å². The van der Waals surface area contributed by atoms with Crippen molar-refractivity contribution in [3.63, 3.8) is 0 Å². The number of hydrogen-bond donors (Lipinski definition) is 1. The van der Waals surface area contributed by atoms with Crippen LogP contribution in [0.2, 0.25) is 0 Å². The summed E-state index contributed by atoms with van der Waals surface area (Å²) < 4.78 is 26.9. The summed E-state index contributed by atoms with van der Waals surface area (Å²) in [6.07, 6.45) is 0. The van der Waals surface area contributed by atoms with E-state index >= 15 is 0 Å². The summed E-state index contributed by atoms with van der Waals surface area (Å²) in [5.41, 5.74) is 1.13. The minimum Gasteiger partial charge on any atom is -0.210 e. The molecule has 0 saturated heterocycles. The standard InChI is InChI=1S/C13H15NO2S2/c1-11(12-6-3-2-4-7-12)10-14-18(15,16)13-8-5-9-17-13/h2-9,11,14H,10H2,1H3/t11-/m1/s1. The molecule has 1 heterocycles. The summed E-state index contributed by atoms with van der Waals surface area (Å²) >= 11 is 1.23. The van der Waals surface area contributed by atoms with Crippen LogP contribution in [0.3, 0.4) is 0 Å². The lowest BCUT2D eigenvalue weighted by molar-refractivity contribution is 0.577. The Hall–Kier alpha value is -1.17. The second kappa shape index (κ2) is 5.65. The second-order valence-corrected chi connectivity index (χ2v) is 7.04. The summed E-state index contributed by atoms with van der Waals surface area (Å²) in [6, 6.07) is 13.2. The molecule has 0 unspecified atom stereocenters. The van der Waals surface area contributed by atoms with Crippen molar-refractivity contribution in [1.82, 2.24) is 4.72 Å². The van der Waals surface area contributed by atoms with Gasteiger partial charge in [0.25, 0.3) is 0 Å². The zero-order chi connectivity index (χ0) is 13.0. The van der Waals surface area contributed by atoms with E-state index < -0.39 is 10.0 Å². The molecule has 18 heavy (non-hydrogen) atoms. The lowest BCUT2D eigenvalue weighted by Gasteiger charge is -2.12. The summed E-state index contributed by atoms with van der Waals surface area (Å²) in [5.74, 6) is 0.154. The molecule has 2 rings (SSSR count). The van der Waals surface area contributed by atoms with E-state index in [0.29, 0.717) is 10.8 Å². The highest BCUT2D eigenvalue weighted by Crippen LogP contribution is 2.17. The van der Waals surface area contributed by atoms with E-state index in [1.165, 1.54) is 11.3 Å². The summed E-state index contributed by atoms with van der Waals surface area (Å²) in [5, 5.41) is 1.76. The molecule has 0 amide bonds. The molecule has 0 saturated carbocycles. The molecule has 3 nitrogen and oxygen atoms in total. The van der Waals surface area contributed by atoms with Gasteiger partial charge in [0, 0.05) is 6.54 Å². The van der Waals surface area contributed by atoms with Crippen LogP contribution in [0.4, 0.5) is 0 Å². The third-order valence-corrected chi connectivity index (χ3v) is 5.53. The minimum absolute atomic E-state index is 0.154. The number of sulfonamides is 1. The van der Waals surface area contributed by atoms with Crippen LogP contribution in [-0.2, 0) is 10.0 Å². The maximum atomic E-state index is 11.9. The molecule has 0 aliphatic rings. The van der Waals surface area contributed by atoms with Gasteiger partial charge in [-0.2, -0.15) is 0 Å². The van der Waals surface area contributed by atoms with Gasteiger partial charge in [0.2, 0.25) is 10.0 Å². The molecule has 0 spiro atoms. The predicted molar refractivity (Wildman–Crippen MR) is 74.4 cm³/mol. The molecule has 96 valence electrons. The van der Waals surface area contributed by atoms with E-state index in [9.17, 15) is 8.42 Å². The van der Waals surface area contributed by atoms with Crippen LogP contribution in [0.25, 0.3) is 0 Å². The first kappa shape index (κ1) is 13.3. The van der Waals surface area contributed by atoms with E-state index in [0.717, 1.165) is 5.56 Å². The van der Waals surface area contributed by atoms with Crippen LogP contribution in [0.1, 0.15) is 18.4 Å². The third kappa shape index (κ3) is 3.19. The average Bonchev–Trinajstić information content (AvgIpc) is 2.92. The van der Waals surface area contributed by atoms with Gasteiger partial charge in [-0.05, 0) is 22.9 Å². The molecular weight excluding hydrogens is 266 g/mol. The van der Waals surface area contributed by atoms with Crippen molar-refractivity contribution >= 4 is 21.4 Å². The van der Waals surface area contributed by atoms with E-state index in [2.05, 4.69) is 4.72 Å². The molecule has 0 bridgehead atoms. The van der Waals surface area contributed by atoms with Gasteiger partial charge < -0.3 is 0 Å². The molecule has 0 fully saturated rings. The normalized spacial score (nSPS) is 13.4. The smallest absolute Gasteiger partial charge is 0.210 e. The zero-order valence-electron chi connectivity index (χ0n) is 10.0. The molecule has 0 aliphatic heterocycles. The number of nitrogens with one attached hydrogen (secondary N) is 1. The SMILES string of the molecule is C[C@H](CNS(=O)(=O)c1cccs1)c1ccccc1. The Bertz CT molecular complexity index is 577. The Labute approximate surface area is 112 Å². The Morgan fingerprint density at radius 1 is 1.17 bits per heavy atom. The van der Waals surface area contributed by atoms with E-state index in [4.69, 9.17) is 0 Å². The summed E-state index contributed by atoms with van der Waals surface area (Å²) in [6.45, 7) is 2.41. The Balaban J connectivity index is 2.00. The molecule has 1 atom stereocenters. The van der Waals surface area contributed by atoms with Gasteiger partial charge in [-0.3, -0.25) is 0 Å². The molecule has 1 aromatic carbocycles. The monoisotopic (exact) mass is 281 g/mol. The highest BCUT2D eigenvalue weighted by atomic mass is 32.2. The first-order chi connectivity index (χ1) is 8.59. The average molecular weight is 281 g/mol. The first-order valence-electron chi connectivity index (χ1n) is 5.68. The van der Waals surface area contributed by atoms with E-state index in [1.807, 2.05) is 37.3 Å². The molecule has 0 radical (unpaired) electrons. The Kier molecular flexibility index (Phi) is 4.16. The van der Waals surface area contributed by atoms with Crippen LogP contribution >= 0.6 is 11.3 Å². The number of hydrogen-bond acceptors (Lipinski definition) is 3. The fourth-order valence-corrected chi connectivity index (χ4v) is 3.79. The minimum atomic E-state index is -3.35. The van der Waals surface area contributed by atoms with Gasteiger partial charge in [0.05, 0.1) is 0 Å². The maximum absolute atomic E-state index is 11.9. The van der Waals surface area contributed by atoms with Crippen molar-refractivity contribution < 1.29 is 8.42 Å². The number of rotatable bonds is 5. The van der Waals surface area contributed by atoms with Gasteiger partial charge in [0.15, 0.2) is 0 Å². The van der Waals surface area contributed by atoms with Crippen molar-refractivity contribution in [3.05, 3.63) is 53.4 Å². The van der Waals surface area contributed by atoms with Gasteiger partial charge in [-0.1, -0.05) is 43.3 Å². The Morgan fingerprint density at radius 2 is 1.89 bits per heavy atom. The Morgan fingerprint density at radius 3 is 2.50 bits per heavy atom. The number of benzene rings is 1. The van der Waals surface area contributed by atoms with Gasteiger partial charge >= 0.3 is 0 Å². The van der Waals surface area contributed by atoms with Crippen LogP contribution in [0.15, 0.2) is 52.1 Å². The van der Waals surface area contributed by atoms with Gasteiger partial charge in [-0.15, -0.1) is 11.3 Å². The molecule has 2 aromatic rings. The third-order valence-electron chi connectivity index (χ3n) is 2.71. The van der Waals surface area contributed by atoms with Crippen LogP contribution in [-0.4, -0.2) is 15.0 Å². The predicted octanol–water partition coefficient (Wildman–Crippen LogP) is 2.83. The van der Waals surface area contributed by atoms with E-state index in [-0.39, 0.29) is 5.92 Å². The van der Waals surface area contributed by atoms with Gasteiger partial charge in [-0.25, -0.2) is 13.1 Å². The second-order valence-electron chi connectivity index (χ2n) is 4.10. The maximum Gasteiger partial charge on any atom is 0.250 e. The highest BCUT2D eigenvalue weighted by Gasteiger charge is 2.16. The fourth-order valence-electron chi connectivity index (χ4n) is 1.62. The zero-order valence-corrected chi connectivity index (χ0v) is 11.7. The highest BCUT2D eigenvalue weighted by molar-refractivity contribution is 7.91. The van der Waals surface area contributed by atoms with Crippen molar-refractivity contribution in [1.29, 1.82) is 0 Å². The molecule has 1 N–H and O–H groups in total. The van der Waals surface area contributed by atoms with Crippen LogP contribution in [0, 0.1) is 0 Å². The molecule has 5 heteroatoms. The lowest BCUT2D eigenvalue weighted by atomic mass is 10.0. The molecule has 0 aliphatic carbocycles. The van der Waals surface area contributed by atoms with Crippen molar-refractivity contribution in [2.24, 2.45) is 0 Å². The van der Waals surface area contributed by atoms with Gasteiger partial charge in [0.1, 0.15) is 4.21 Å². The van der Waals surface area contributed by atoms with Crippen molar-refractivity contribution in [2.45, 2.75) is 17.1 Å². The van der Waals surface area contributed by atoms with E-state index in [1.54, 1.807) is 17.5 Å². The molecule has 1 aromatic heterocycles. The fraction of sp³-hybridized carbons (Fsp3) is 0.231. The number of thiophene rings is 1. The van der Waals surface area contributed by atoms with Crippen molar-refractivity contribution in [3.8, 4) is 0 Å². The van der Waals surface area contributed by atoms with Crippen LogP contribution in [0.5, 0.6) is 0 Å².